The molecule has 2 aliphatic rings. The van der Waals surface area contributed by atoms with E-state index in [1.807, 2.05) is 0 Å². The van der Waals surface area contributed by atoms with Crippen molar-refractivity contribution in [3.05, 3.63) is 29.6 Å². The molecule has 6 heteroatoms. The van der Waals surface area contributed by atoms with Gasteiger partial charge in [0.25, 0.3) is 0 Å². The Kier molecular flexibility index (Phi) is 13.4. The summed E-state index contributed by atoms with van der Waals surface area (Å²) in [6.45, 7) is 11.2. The highest BCUT2D eigenvalue weighted by Crippen LogP contribution is 2.29. The molecule has 0 spiro atoms. The third-order valence-corrected chi connectivity index (χ3v) is 7.20. The van der Waals surface area contributed by atoms with E-state index in [1.54, 1.807) is 0 Å². The molecule has 34 heavy (non-hydrogen) atoms. The summed E-state index contributed by atoms with van der Waals surface area (Å²) in [5.74, 6) is 0. The largest absolute Gasteiger partial charge is 0.378 e. The Morgan fingerprint density at radius 3 is 2.21 bits per heavy atom. The summed E-state index contributed by atoms with van der Waals surface area (Å²) >= 11 is 0. The topological polar surface area (TPSA) is 41.1 Å². The third kappa shape index (κ3) is 9.90. The van der Waals surface area contributed by atoms with Crippen LogP contribution < -0.4 is 0 Å². The molecule has 0 amide bonds. The van der Waals surface area contributed by atoms with Gasteiger partial charge in [0.05, 0.1) is 37.8 Å². The molecule has 1 unspecified atom stereocenters. The van der Waals surface area contributed by atoms with Crippen molar-refractivity contribution in [2.45, 2.75) is 83.8 Å². The summed E-state index contributed by atoms with van der Waals surface area (Å²) in [7, 11) is 2.14. The van der Waals surface area contributed by atoms with Crippen molar-refractivity contribution in [2.24, 2.45) is 0 Å². The third-order valence-electron chi connectivity index (χ3n) is 7.20. The second kappa shape index (κ2) is 16.6. The number of hydrogen-bond acceptors (Lipinski definition) is 6. The van der Waals surface area contributed by atoms with Crippen LogP contribution in [0.2, 0.25) is 0 Å². The summed E-state index contributed by atoms with van der Waals surface area (Å²) in [4.78, 5) is 12.6. The molecular formula is C28H50N4O2. The summed E-state index contributed by atoms with van der Waals surface area (Å²) in [5.41, 5.74) is 2.35. The van der Waals surface area contributed by atoms with Crippen LogP contribution in [-0.4, -0.2) is 85.9 Å². The fraction of sp³-hybridized carbons (Fsp3) is 0.821. The van der Waals surface area contributed by atoms with Crippen LogP contribution in [0.15, 0.2) is 18.2 Å². The average Bonchev–Trinajstić information content (AvgIpc) is 3.24. The van der Waals surface area contributed by atoms with Crippen molar-refractivity contribution >= 4 is 0 Å². The number of nitrogens with zero attached hydrogens (tertiary/aromatic N) is 4. The lowest BCUT2D eigenvalue weighted by Crippen LogP contribution is -2.34. The molecule has 0 radical (unpaired) electrons. The van der Waals surface area contributed by atoms with Gasteiger partial charge in [-0.1, -0.05) is 70.8 Å². The van der Waals surface area contributed by atoms with Crippen LogP contribution in [0.25, 0.3) is 0 Å². The zero-order chi connectivity index (χ0) is 23.8. The molecule has 1 fully saturated rings. The predicted molar refractivity (Wildman–Crippen MR) is 140 cm³/mol. The van der Waals surface area contributed by atoms with Gasteiger partial charge < -0.3 is 9.47 Å². The molecule has 1 aromatic heterocycles. The Bertz CT molecular complexity index is 659. The fourth-order valence-corrected chi connectivity index (χ4v) is 5.19. The first-order chi connectivity index (χ1) is 16.8. The highest BCUT2D eigenvalue weighted by atomic mass is 16.5. The van der Waals surface area contributed by atoms with E-state index in [-0.39, 0.29) is 6.17 Å². The minimum absolute atomic E-state index is 0.272. The SMILES string of the molecule is CCCCCCCCCCCCN1CCN2CCOCCOCCN(C)Cc3cccc(n3)C12. The quantitative estimate of drug-likeness (QED) is 0.416. The van der Waals surface area contributed by atoms with Crippen molar-refractivity contribution in [1.82, 2.24) is 19.7 Å². The number of pyridine rings is 1. The minimum atomic E-state index is 0.272. The number of rotatable bonds is 11. The van der Waals surface area contributed by atoms with Gasteiger partial charge >= 0.3 is 0 Å². The second-order valence-corrected chi connectivity index (χ2v) is 10.1. The van der Waals surface area contributed by atoms with Gasteiger partial charge in [0.2, 0.25) is 0 Å². The van der Waals surface area contributed by atoms with Crippen molar-refractivity contribution < 1.29 is 9.47 Å². The minimum Gasteiger partial charge on any atom is -0.378 e. The molecule has 3 rings (SSSR count). The molecule has 6 nitrogen and oxygen atoms in total. The first-order valence-corrected chi connectivity index (χ1v) is 14.1. The van der Waals surface area contributed by atoms with Gasteiger partial charge in [-0.3, -0.25) is 19.7 Å². The van der Waals surface area contributed by atoms with Gasteiger partial charge in [0.1, 0.15) is 6.17 Å². The fourth-order valence-electron chi connectivity index (χ4n) is 5.19. The van der Waals surface area contributed by atoms with Gasteiger partial charge in [-0.05, 0) is 25.6 Å². The highest BCUT2D eigenvalue weighted by molar-refractivity contribution is 5.15. The van der Waals surface area contributed by atoms with Crippen LogP contribution in [0.5, 0.6) is 0 Å². The van der Waals surface area contributed by atoms with Crippen LogP contribution in [0, 0.1) is 0 Å². The molecule has 0 aromatic carbocycles. The van der Waals surface area contributed by atoms with Gasteiger partial charge in [-0.15, -0.1) is 0 Å². The molecule has 2 bridgehead atoms. The van der Waals surface area contributed by atoms with Crippen molar-refractivity contribution in [2.75, 3.05) is 66.2 Å². The van der Waals surface area contributed by atoms with Gasteiger partial charge in [-0.2, -0.15) is 0 Å². The van der Waals surface area contributed by atoms with E-state index in [2.05, 4.69) is 46.9 Å². The van der Waals surface area contributed by atoms with E-state index in [0.717, 1.165) is 58.2 Å². The number of ether oxygens (including phenoxy) is 2. The van der Waals surface area contributed by atoms with Crippen LogP contribution >= 0.6 is 0 Å². The lowest BCUT2D eigenvalue weighted by molar-refractivity contribution is 0.0263. The average molecular weight is 475 g/mol. The van der Waals surface area contributed by atoms with Gasteiger partial charge in [0.15, 0.2) is 0 Å². The second-order valence-electron chi connectivity index (χ2n) is 10.1. The smallest absolute Gasteiger partial charge is 0.106 e. The maximum absolute atomic E-state index is 5.88. The van der Waals surface area contributed by atoms with E-state index in [4.69, 9.17) is 14.5 Å². The predicted octanol–water partition coefficient (Wildman–Crippen LogP) is 5.10. The first kappa shape index (κ1) is 27.5. The van der Waals surface area contributed by atoms with Gasteiger partial charge in [0, 0.05) is 39.3 Å². The van der Waals surface area contributed by atoms with Crippen LogP contribution in [0.3, 0.4) is 0 Å². The molecule has 194 valence electrons. The molecule has 1 atom stereocenters. The number of likely N-dealkylation sites (N-methyl/N-ethyl adjacent to an activating group) is 1. The van der Waals surface area contributed by atoms with E-state index in [0.29, 0.717) is 13.2 Å². The molecule has 3 heterocycles. The maximum atomic E-state index is 5.88. The summed E-state index contributed by atoms with van der Waals surface area (Å²) in [5, 5.41) is 0. The molecule has 0 saturated carbocycles. The number of unbranched alkanes of at least 4 members (excludes halogenated alkanes) is 9. The Morgan fingerprint density at radius 1 is 0.794 bits per heavy atom. The maximum Gasteiger partial charge on any atom is 0.106 e. The zero-order valence-electron chi connectivity index (χ0n) is 22.1. The van der Waals surface area contributed by atoms with E-state index >= 15 is 0 Å². The number of hydrogen-bond donors (Lipinski definition) is 0. The lowest BCUT2D eigenvalue weighted by atomic mass is 10.1. The van der Waals surface area contributed by atoms with Crippen molar-refractivity contribution in [3.8, 4) is 0 Å². The number of aromatic nitrogens is 1. The Balaban J connectivity index is 1.51. The van der Waals surface area contributed by atoms with E-state index < -0.39 is 0 Å². The standard InChI is InChI=1S/C28H50N4O2/c1-3-4-5-6-7-8-9-10-11-12-16-31-17-18-32-20-22-34-24-23-33-21-19-30(2)25-26-14-13-15-27(29-26)28(31)32/h13-15,28H,3-12,16-25H2,1-2H3. The summed E-state index contributed by atoms with van der Waals surface area (Å²) in [6, 6.07) is 6.57. The molecule has 2 aliphatic heterocycles. The Labute approximate surface area is 209 Å². The van der Waals surface area contributed by atoms with E-state index in [1.165, 1.54) is 69.9 Å². The van der Waals surface area contributed by atoms with Crippen molar-refractivity contribution in [3.63, 3.8) is 0 Å². The van der Waals surface area contributed by atoms with Gasteiger partial charge in [-0.25, -0.2) is 0 Å². The first-order valence-electron chi connectivity index (χ1n) is 14.1. The zero-order valence-corrected chi connectivity index (χ0v) is 22.1. The monoisotopic (exact) mass is 474 g/mol. The molecule has 0 N–H and O–H groups in total. The summed E-state index contributed by atoms with van der Waals surface area (Å²) in [6.07, 6.45) is 14.1. The lowest BCUT2D eigenvalue weighted by Gasteiger charge is -2.30. The molecule has 1 aromatic rings. The number of fused-ring (bicyclic) bond motifs is 4. The van der Waals surface area contributed by atoms with Crippen LogP contribution in [0.1, 0.15) is 88.7 Å². The molecule has 0 aliphatic carbocycles. The molecule has 1 saturated heterocycles. The Morgan fingerprint density at radius 2 is 1.47 bits per heavy atom. The summed E-state index contributed by atoms with van der Waals surface area (Å²) < 4.78 is 11.6. The Hall–Kier alpha value is -1.05. The van der Waals surface area contributed by atoms with Crippen LogP contribution in [-0.2, 0) is 16.0 Å². The normalized spacial score (nSPS) is 21.8. The molecular weight excluding hydrogens is 424 g/mol. The highest BCUT2D eigenvalue weighted by Gasteiger charge is 2.33. The van der Waals surface area contributed by atoms with E-state index in [9.17, 15) is 0 Å². The van der Waals surface area contributed by atoms with Crippen LogP contribution in [0.4, 0.5) is 0 Å². The van der Waals surface area contributed by atoms with Crippen molar-refractivity contribution in [1.29, 1.82) is 0 Å².